The van der Waals surface area contributed by atoms with Gasteiger partial charge in [-0.15, -0.1) is 0 Å². The molecule has 0 atom stereocenters. The molecule has 0 saturated heterocycles. The molecule has 1 aliphatic rings. The quantitative estimate of drug-likeness (QED) is 0.769. The number of rotatable bonds is 2. The van der Waals surface area contributed by atoms with Crippen molar-refractivity contribution in [3.63, 3.8) is 0 Å². The van der Waals surface area contributed by atoms with Crippen LogP contribution in [0.2, 0.25) is 10.0 Å². The van der Waals surface area contributed by atoms with Crippen molar-refractivity contribution in [3.05, 3.63) is 57.6 Å². The van der Waals surface area contributed by atoms with Crippen molar-refractivity contribution in [2.24, 2.45) is 0 Å². The third-order valence-corrected chi connectivity index (χ3v) is 3.75. The van der Waals surface area contributed by atoms with E-state index in [1.807, 2.05) is 0 Å². The van der Waals surface area contributed by atoms with Crippen LogP contribution in [0.4, 0.5) is 0 Å². The van der Waals surface area contributed by atoms with Crippen molar-refractivity contribution in [2.75, 3.05) is 13.2 Å². The highest BCUT2D eigenvalue weighted by atomic mass is 35.5. The molecule has 0 aromatic heterocycles. The Bertz CT molecular complexity index is 698. The van der Waals surface area contributed by atoms with Crippen molar-refractivity contribution < 1.29 is 14.3 Å². The summed E-state index contributed by atoms with van der Waals surface area (Å²) in [5.74, 6) is 1.04. The summed E-state index contributed by atoms with van der Waals surface area (Å²) in [6.45, 7) is 1.18. The Hall–Kier alpha value is -1.71. The Morgan fingerprint density at radius 2 is 1.71 bits per heavy atom. The number of hydrogen-bond acceptors (Lipinski definition) is 3. The summed E-state index contributed by atoms with van der Waals surface area (Å²) in [6, 6.07) is 9.95. The zero-order chi connectivity index (χ0) is 14.8. The molecule has 3 nitrogen and oxygen atoms in total. The van der Waals surface area contributed by atoms with Crippen molar-refractivity contribution in [1.82, 2.24) is 0 Å². The second-order valence-electron chi connectivity index (χ2n) is 4.67. The summed E-state index contributed by atoms with van der Waals surface area (Å²) in [5, 5.41) is 0.841. The fourth-order valence-electron chi connectivity index (χ4n) is 2.13. The van der Waals surface area contributed by atoms with Crippen LogP contribution >= 0.6 is 23.2 Å². The summed E-state index contributed by atoms with van der Waals surface area (Å²) in [5.41, 5.74) is 0.863. The number of hydrogen-bond donors (Lipinski definition) is 0. The largest absolute Gasteiger partial charge is 0.490 e. The number of ether oxygens (including phenoxy) is 2. The van der Waals surface area contributed by atoms with Gasteiger partial charge in [0.2, 0.25) is 0 Å². The van der Waals surface area contributed by atoms with Crippen molar-refractivity contribution >= 4 is 29.0 Å². The van der Waals surface area contributed by atoms with Crippen LogP contribution in [0, 0.1) is 0 Å². The van der Waals surface area contributed by atoms with Crippen LogP contribution in [-0.2, 0) is 0 Å². The van der Waals surface area contributed by atoms with Gasteiger partial charge in [-0.25, -0.2) is 0 Å². The van der Waals surface area contributed by atoms with Gasteiger partial charge in [-0.05, 0) is 36.4 Å². The lowest BCUT2D eigenvalue weighted by molar-refractivity contribution is 0.103. The van der Waals surface area contributed by atoms with Crippen LogP contribution in [0.3, 0.4) is 0 Å². The molecule has 0 aliphatic carbocycles. The zero-order valence-electron chi connectivity index (χ0n) is 11.1. The van der Waals surface area contributed by atoms with E-state index in [0.717, 1.165) is 6.42 Å². The molecule has 0 amide bonds. The highest BCUT2D eigenvalue weighted by molar-refractivity contribution is 6.36. The van der Waals surface area contributed by atoms with E-state index in [0.29, 0.717) is 45.9 Å². The van der Waals surface area contributed by atoms with Gasteiger partial charge < -0.3 is 9.47 Å². The Labute approximate surface area is 132 Å². The third-order valence-electron chi connectivity index (χ3n) is 3.18. The fraction of sp³-hybridized carbons (Fsp3) is 0.188. The molecule has 0 saturated carbocycles. The molecular formula is C16H12Cl2O3. The molecule has 2 aromatic rings. The maximum Gasteiger partial charge on any atom is 0.194 e. The first kappa shape index (κ1) is 14.2. The fourth-order valence-corrected chi connectivity index (χ4v) is 2.51. The van der Waals surface area contributed by atoms with Crippen molar-refractivity contribution in [3.8, 4) is 11.5 Å². The second-order valence-corrected chi connectivity index (χ2v) is 5.51. The molecule has 0 spiro atoms. The van der Waals surface area contributed by atoms with Gasteiger partial charge in [-0.1, -0.05) is 23.2 Å². The minimum atomic E-state index is -0.196. The van der Waals surface area contributed by atoms with E-state index in [1.165, 1.54) is 0 Å². The van der Waals surface area contributed by atoms with E-state index in [2.05, 4.69) is 0 Å². The minimum absolute atomic E-state index is 0.196. The number of halogens is 2. The number of benzene rings is 2. The van der Waals surface area contributed by atoms with Gasteiger partial charge in [-0.2, -0.15) is 0 Å². The summed E-state index contributed by atoms with van der Waals surface area (Å²) in [6.07, 6.45) is 0.818. The maximum atomic E-state index is 12.6. The van der Waals surface area contributed by atoms with Crippen LogP contribution in [0.1, 0.15) is 22.3 Å². The summed E-state index contributed by atoms with van der Waals surface area (Å²) < 4.78 is 11.1. The molecule has 2 aromatic carbocycles. The Morgan fingerprint density at radius 3 is 2.52 bits per heavy atom. The van der Waals surface area contributed by atoms with Gasteiger partial charge >= 0.3 is 0 Å². The van der Waals surface area contributed by atoms with E-state index in [-0.39, 0.29) is 5.78 Å². The lowest BCUT2D eigenvalue weighted by Gasteiger charge is -2.09. The Morgan fingerprint density at radius 1 is 0.952 bits per heavy atom. The van der Waals surface area contributed by atoms with Gasteiger partial charge in [-0.3, -0.25) is 4.79 Å². The first-order valence-corrected chi connectivity index (χ1v) is 7.30. The first-order chi connectivity index (χ1) is 10.1. The molecular weight excluding hydrogens is 311 g/mol. The highest BCUT2D eigenvalue weighted by Crippen LogP contribution is 2.32. The lowest BCUT2D eigenvalue weighted by Crippen LogP contribution is -2.03. The first-order valence-electron chi connectivity index (χ1n) is 6.54. The second kappa shape index (κ2) is 5.96. The van der Waals surface area contributed by atoms with E-state index in [1.54, 1.807) is 36.4 Å². The Balaban J connectivity index is 1.98. The van der Waals surface area contributed by atoms with E-state index >= 15 is 0 Å². The molecule has 5 heteroatoms. The third kappa shape index (κ3) is 2.99. The predicted octanol–water partition coefficient (Wildman–Crippen LogP) is 4.39. The highest BCUT2D eigenvalue weighted by Gasteiger charge is 2.17. The van der Waals surface area contributed by atoms with Crippen LogP contribution in [-0.4, -0.2) is 19.0 Å². The average molecular weight is 323 g/mol. The molecule has 1 heterocycles. The summed E-state index contributed by atoms with van der Waals surface area (Å²) >= 11 is 12.0. The number of ketones is 1. The lowest BCUT2D eigenvalue weighted by atomic mass is 10.0. The van der Waals surface area contributed by atoms with E-state index in [9.17, 15) is 4.79 Å². The normalized spacial score (nSPS) is 13.6. The number of carbonyl (C=O) groups excluding carboxylic acids is 1. The molecule has 0 unspecified atom stereocenters. The molecule has 21 heavy (non-hydrogen) atoms. The van der Waals surface area contributed by atoms with Gasteiger partial charge in [0.25, 0.3) is 0 Å². The molecule has 108 valence electrons. The molecule has 0 radical (unpaired) electrons. The van der Waals surface area contributed by atoms with E-state index in [4.69, 9.17) is 32.7 Å². The molecule has 3 rings (SSSR count). The van der Waals surface area contributed by atoms with Crippen LogP contribution in [0.15, 0.2) is 36.4 Å². The zero-order valence-corrected chi connectivity index (χ0v) is 12.6. The van der Waals surface area contributed by atoms with Gasteiger partial charge in [0, 0.05) is 22.6 Å². The van der Waals surface area contributed by atoms with Gasteiger partial charge in [0.15, 0.2) is 17.3 Å². The van der Waals surface area contributed by atoms with E-state index < -0.39 is 0 Å². The monoisotopic (exact) mass is 322 g/mol. The van der Waals surface area contributed by atoms with Crippen molar-refractivity contribution in [1.29, 1.82) is 0 Å². The average Bonchev–Trinajstić information content (AvgIpc) is 2.73. The van der Waals surface area contributed by atoms with Crippen LogP contribution in [0.25, 0.3) is 0 Å². The molecule has 0 fully saturated rings. The molecule has 0 bridgehead atoms. The number of carbonyl (C=O) groups is 1. The van der Waals surface area contributed by atoms with Gasteiger partial charge in [0.05, 0.1) is 18.2 Å². The smallest absolute Gasteiger partial charge is 0.194 e. The standard InChI is InChI=1S/C16H12Cl2O3/c17-11-3-4-13(18)12(9-11)16(19)10-2-5-14-15(8-10)21-7-1-6-20-14/h2-5,8-9H,1,6-7H2. The van der Waals surface area contributed by atoms with Crippen molar-refractivity contribution in [2.45, 2.75) is 6.42 Å². The van der Waals surface area contributed by atoms with Gasteiger partial charge in [0.1, 0.15) is 0 Å². The molecule has 0 N–H and O–H groups in total. The minimum Gasteiger partial charge on any atom is -0.490 e. The van der Waals surface area contributed by atoms with Crippen LogP contribution < -0.4 is 9.47 Å². The predicted molar refractivity (Wildman–Crippen MR) is 81.9 cm³/mol. The number of fused-ring (bicyclic) bond motifs is 1. The topological polar surface area (TPSA) is 35.5 Å². The molecule has 1 aliphatic heterocycles. The SMILES string of the molecule is O=C(c1ccc2c(c1)OCCCO2)c1cc(Cl)ccc1Cl. The van der Waals surface area contributed by atoms with Crippen LogP contribution in [0.5, 0.6) is 11.5 Å². The summed E-state index contributed by atoms with van der Waals surface area (Å²) in [4.78, 5) is 12.6. The summed E-state index contributed by atoms with van der Waals surface area (Å²) in [7, 11) is 0. The maximum absolute atomic E-state index is 12.6. The Kier molecular flexibility index (Phi) is 4.04.